The van der Waals surface area contributed by atoms with E-state index in [0.29, 0.717) is 36.2 Å². The molecule has 1 N–H and O–H groups in total. The Kier molecular flexibility index (Phi) is 5.55. The van der Waals surface area contributed by atoms with Crippen molar-refractivity contribution < 1.29 is 23.1 Å². The van der Waals surface area contributed by atoms with Crippen molar-refractivity contribution in [3.8, 4) is 0 Å². The van der Waals surface area contributed by atoms with E-state index in [4.69, 9.17) is 5.11 Å². The smallest absolute Gasteiger partial charge is 0.416 e. The standard InChI is InChI=1S/C19H22F3N3O2/c1-2-24(12-17(26)27)15-6-9-25(10-7-15)18-16-4-3-14(19(20,21)22)11-13(16)5-8-23-18/h3-5,8,11,15H,2,6-7,9-10,12H2,1H3,(H,26,27). The number of halogens is 3. The highest BCUT2D eigenvalue weighted by atomic mass is 19.4. The van der Waals surface area contributed by atoms with Crippen LogP contribution in [0.1, 0.15) is 25.3 Å². The van der Waals surface area contributed by atoms with Gasteiger partial charge >= 0.3 is 12.1 Å². The number of nitrogens with zero attached hydrogens (tertiary/aromatic N) is 3. The molecule has 146 valence electrons. The van der Waals surface area contributed by atoms with Crippen LogP contribution < -0.4 is 4.90 Å². The summed E-state index contributed by atoms with van der Waals surface area (Å²) in [6, 6.07) is 5.50. The lowest BCUT2D eigenvalue weighted by Crippen LogP contribution is -2.46. The van der Waals surface area contributed by atoms with Gasteiger partial charge in [-0.15, -0.1) is 0 Å². The Morgan fingerprint density at radius 1 is 1.30 bits per heavy atom. The van der Waals surface area contributed by atoms with Crippen molar-refractivity contribution in [3.05, 3.63) is 36.0 Å². The Bertz CT molecular complexity index is 817. The summed E-state index contributed by atoms with van der Waals surface area (Å²) in [5, 5.41) is 10.2. The Morgan fingerprint density at radius 2 is 2.00 bits per heavy atom. The molecule has 1 aliphatic rings. The summed E-state index contributed by atoms with van der Waals surface area (Å²) in [5.74, 6) is -0.156. The molecular formula is C19H22F3N3O2. The first-order valence-corrected chi connectivity index (χ1v) is 8.96. The van der Waals surface area contributed by atoms with Gasteiger partial charge in [-0.3, -0.25) is 9.69 Å². The van der Waals surface area contributed by atoms with Crippen molar-refractivity contribution in [1.29, 1.82) is 0 Å². The molecule has 0 bridgehead atoms. The minimum absolute atomic E-state index is 0.0217. The molecule has 0 atom stereocenters. The third-order valence-electron chi connectivity index (χ3n) is 5.10. The summed E-state index contributed by atoms with van der Waals surface area (Å²) in [7, 11) is 0. The quantitative estimate of drug-likeness (QED) is 0.857. The summed E-state index contributed by atoms with van der Waals surface area (Å²) in [6.07, 6.45) is -1.25. The lowest BCUT2D eigenvalue weighted by molar-refractivity contribution is -0.139. The molecule has 1 aromatic carbocycles. The summed E-state index contributed by atoms with van der Waals surface area (Å²) in [5.41, 5.74) is -0.668. The summed E-state index contributed by atoms with van der Waals surface area (Å²) in [6.45, 7) is 4.01. The second-order valence-corrected chi connectivity index (χ2v) is 6.74. The fraction of sp³-hybridized carbons (Fsp3) is 0.474. The predicted molar refractivity (Wildman–Crippen MR) is 96.9 cm³/mol. The van der Waals surface area contributed by atoms with E-state index in [2.05, 4.69) is 9.88 Å². The number of hydrogen-bond acceptors (Lipinski definition) is 4. The maximum Gasteiger partial charge on any atom is 0.416 e. The number of carbonyl (C=O) groups is 1. The van der Waals surface area contributed by atoms with Crippen molar-refractivity contribution in [2.24, 2.45) is 0 Å². The van der Waals surface area contributed by atoms with E-state index in [0.717, 1.165) is 25.0 Å². The highest BCUT2D eigenvalue weighted by Crippen LogP contribution is 2.34. The van der Waals surface area contributed by atoms with Crippen LogP contribution in [-0.4, -0.2) is 53.2 Å². The number of aliphatic carboxylic acids is 1. The van der Waals surface area contributed by atoms with E-state index in [1.165, 1.54) is 12.3 Å². The molecule has 2 aromatic rings. The number of aromatic nitrogens is 1. The van der Waals surface area contributed by atoms with Gasteiger partial charge in [0.1, 0.15) is 5.82 Å². The fourth-order valence-electron chi connectivity index (χ4n) is 3.71. The zero-order valence-corrected chi connectivity index (χ0v) is 15.0. The van der Waals surface area contributed by atoms with Crippen LogP contribution in [-0.2, 0) is 11.0 Å². The Hall–Kier alpha value is -2.35. The van der Waals surface area contributed by atoms with E-state index >= 15 is 0 Å². The van der Waals surface area contributed by atoms with Crippen LogP contribution >= 0.6 is 0 Å². The largest absolute Gasteiger partial charge is 0.480 e. The zero-order valence-electron chi connectivity index (χ0n) is 15.0. The number of piperidine rings is 1. The van der Waals surface area contributed by atoms with Crippen LogP contribution in [0.5, 0.6) is 0 Å². The highest BCUT2D eigenvalue weighted by molar-refractivity contribution is 5.92. The van der Waals surface area contributed by atoms with Crippen molar-refractivity contribution >= 4 is 22.6 Å². The summed E-state index contributed by atoms with van der Waals surface area (Å²) >= 11 is 0. The fourth-order valence-corrected chi connectivity index (χ4v) is 3.71. The van der Waals surface area contributed by atoms with Crippen LogP contribution in [0.25, 0.3) is 10.8 Å². The number of anilines is 1. The van der Waals surface area contributed by atoms with Gasteiger partial charge in [0.2, 0.25) is 0 Å². The first kappa shape index (κ1) is 19.4. The molecule has 0 radical (unpaired) electrons. The number of benzene rings is 1. The van der Waals surface area contributed by atoms with Crippen molar-refractivity contribution in [1.82, 2.24) is 9.88 Å². The number of carboxylic acids is 1. The van der Waals surface area contributed by atoms with Gasteiger partial charge in [0.25, 0.3) is 0 Å². The number of pyridine rings is 1. The number of likely N-dealkylation sites (N-methyl/N-ethyl adjacent to an activating group) is 1. The molecule has 0 aliphatic carbocycles. The van der Waals surface area contributed by atoms with Gasteiger partial charge in [-0.1, -0.05) is 13.0 Å². The predicted octanol–water partition coefficient (Wildman–Crippen LogP) is 3.63. The molecular weight excluding hydrogens is 359 g/mol. The molecule has 1 aliphatic heterocycles. The Morgan fingerprint density at radius 3 is 2.59 bits per heavy atom. The van der Waals surface area contributed by atoms with Gasteiger partial charge in [0.15, 0.2) is 0 Å². The highest BCUT2D eigenvalue weighted by Gasteiger charge is 2.31. The molecule has 1 saturated heterocycles. The van der Waals surface area contributed by atoms with E-state index in [-0.39, 0.29) is 12.6 Å². The lowest BCUT2D eigenvalue weighted by atomic mass is 10.0. The van der Waals surface area contributed by atoms with Crippen LogP contribution in [0.3, 0.4) is 0 Å². The topological polar surface area (TPSA) is 56.7 Å². The van der Waals surface area contributed by atoms with Gasteiger partial charge in [-0.25, -0.2) is 4.98 Å². The van der Waals surface area contributed by atoms with E-state index in [1.54, 1.807) is 6.07 Å². The first-order chi connectivity index (χ1) is 12.8. The maximum absolute atomic E-state index is 12.9. The monoisotopic (exact) mass is 381 g/mol. The second-order valence-electron chi connectivity index (χ2n) is 6.74. The molecule has 1 aromatic heterocycles. The van der Waals surface area contributed by atoms with Crippen LogP contribution in [0.2, 0.25) is 0 Å². The minimum atomic E-state index is -4.37. The van der Waals surface area contributed by atoms with Crippen LogP contribution in [0.15, 0.2) is 30.5 Å². The van der Waals surface area contributed by atoms with Crippen molar-refractivity contribution in [3.63, 3.8) is 0 Å². The molecule has 0 saturated carbocycles. The molecule has 0 amide bonds. The zero-order chi connectivity index (χ0) is 19.6. The molecule has 3 rings (SSSR count). The first-order valence-electron chi connectivity index (χ1n) is 8.96. The Balaban J connectivity index is 1.78. The third-order valence-corrected chi connectivity index (χ3v) is 5.10. The van der Waals surface area contributed by atoms with Gasteiger partial charge in [-0.05, 0) is 43.0 Å². The van der Waals surface area contributed by atoms with E-state index in [1.807, 2.05) is 11.8 Å². The van der Waals surface area contributed by atoms with Crippen molar-refractivity contribution in [2.45, 2.75) is 32.0 Å². The number of alkyl halides is 3. The molecule has 1 fully saturated rings. The SMILES string of the molecule is CCN(CC(=O)O)C1CCN(c2nccc3cc(C(F)(F)F)ccc23)CC1. The molecule has 8 heteroatoms. The normalized spacial score (nSPS) is 16.3. The van der Waals surface area contributed by atoms with Gasteiger partial charge < -0.3 is 10.0 Å². The van der Waals surface area contributed by atoms with Crippen LogP contribution in [0.4, 0.5) is 19.0 Å². The van der Waals surface area contributed by atoms with Gasteiger partial charge in [0.05, 0.1) is 12.1 Å². The van der Waals surface area contributed by atoms with Crippen LogP contribution in [0, 0.1) is 0 Å². The third kappa shape index (κ3) is 4.32. The average Bonchev–Trinajstić information content (AvgIpc) is 2.64. The second kappa shape index (κ2) is 7.72. The Labute approximate surface area is 155 Å². The molecule has 2 heterocycles. The summed E-state index contributed by atoms with van der Waals surface area (Å²) in [4.78, 5) is 19.4. The summed E-state index contributed by atoms with van der Waals surface area (Å²) < 4.78 is 38.8. The minimum Gasteiger partial charge on any atom is -0.480 e. The van der Waals surface area contributed by atoms with E-state index in [9.17, 15) is 18.0 Å². The molecule has 5 nitrogen and oxygen atoms in total. The van der Waals surface area contributed by atoms with E-state index < -0.39 is 17.7 Å². The average molecular weight is 381 g/mol. The number of fused-ring (bicyclic) bond motifs is 1. The van der Waals surface area contributed by atoms with Crippen molar-refractivity contribution in [2.75, 3.05) is 31.1 Å². The maximum atomic E-state index is 12.9. The number of rotatable bonds is 5. The van der Waals surface area contributed by atoms with Gasteiger partial charge in [0, 0.05) is 30.7 Å². The molecule has 27 heavy (non-hydrogen) atoms. The molecule has 0 spiro atoms. The lowest BCUT2D eigenvalue weighted by Gasteiger charge is -2.38. The number of hydrogen-bond donors (Lipinski definition) is 1. The molecule has 0 unspecified atom stereocenters. The number of carboxylic acid groups (broad SMARTS) is 1. The van der Waals surface area contributed by atoms with Gasteiger partial charge in [-0.2, -0.15) is 13.2 Å².